The number of halogens is 1. The van der Waals surface area contributed by atoms with Crippen molar-refractivity contribution in [3.8, 4) is 0 Å². The van der Waals surface area contributed by atoms with Crippen LogP contribution in [0.25, 0.3) is 10.9 Å². The van der Waals surface area contributed by atoms with E-state index in [2.05, 4.69) is 18.9 Å². The number of rotatable bonds is 7. The third-order valence-corrected chi connectivity index (χ3v) is 3.82. The molecule has 0 unspecified atom stereocenters. The molecule has 9 heteroatoms. The van der Waals surface area contributed by atoms with Gasteiger partial charge in [-0.1, -0.05) is 0 Å². The van der Waals surface area contributed by atoms with Crippen LogP contribution in [-0.4, -0.2) is 45.4 Å². The van der Waals surface area contributed by atoms with E-state index in [9.17, 15) is 20.0 Å². The SMILES string of the molecule is CC[NH+](CC)CCn1nc(C(=O)O)c2cc([N+](=O)[O-])ccc21.[Cl-]. The van der Waals surface area contributed by atoms with Gasteiger partial charge in [0, 0.05) is 17.5 Å². The van der Waals surface area contributed by atoms with Crippen LogP contribution in [0.5, 0.6) is 0 Å². The van der Waals surface area contributed by atoms with Gasteiger partial charge in [-0.2, -0.15) is 5.10 Å². The molecule has 2 rings (SSSR count). The summed E-state index contributed by atoms with van der Waals surface area (Å²) in [5.74, 6) is -1.18. The van der Waals surface area contributed by atoms with Crippen molar-refractivity contribution in [2.45, 2.75) is 20.4 Å². The van der Waals surface area contributed by atoms with Gasteiger partial charge in [-0.25, -0.2) is 4.79 Å². The second-order valence-electron chi connectivity index (χ2n) is 5.04. The summed E-state index contributed by atoms with van der Waals surface area (Å²) in [4.78, 5) is 23.0. The molecule has 0 aliphatic rings. The number of hydrogen-bond acceptors (Lipinski definition) is 4. The highest BCUT2D eigenvalue weighted by atomic mass is 35.5. The Hall–Kier alpha value is -2.19. The number of nitro groups is 1. The molecule has 0 atom stereocenters. The molecule has 0 saturated heterocycles. The number of benzene rings is 1. The first kappa shape index (κ1) is 18.9. The first-order valence-electron chi connectivity index (χ1n) is 7.19. The third kappa shape index (κ3) is 3.96. The molecule has 0 bridgehead atoms. The number of nitrogens with one attached hydrogen (secondary N) is 1. The summed E-state index contributed by atoms with van der Waals surface area (Å²) in [6, 6.07) is 4.20. The van der Waals surface area contributed by atoms with Gasteiger partial charge in [-0.3, -0.25) is 14.8 Å². The smallest absolute Gasteiger partial charge is 0.357 e. The summed E-state index contributed by atoms with van der Waals surface area (Å²) in [6.07, 6.45) is 0. The molecule has 1 aromatic heterocycles. The molecule has 0 spiro atoms. The zero-order valence-corrected chi connectivity index (χ0v) is 13.7. The molecule has 0 aliphatic carbocycles. The lowest BCUT2D eigenvalue weighted by atomic mass is 10.2. The van der Waals surface area contributed by atoms with Crippen molar-refractivity contribution in [1.82, 2.24) is 9.78 Å². The molecular weight excluding hydrogens is 324 g/mol. The average Bonchev–Trinajstić information content (AvgIpc) is 2.86. The summed E-state index contributed by atoms with van der Waals surface area (Å²) < 4.78 is 1.62. The molecule has 0 radical (unpaired) electrons. The van der Waals surface area contributed by atoms with Crippen LogP contribution in [0, 0.1) is 10.1 Å². The normalized spacial score (nSPS) is 10.7. The van der Waals surface area contributed by atoms with Crippen molar-refractivity contribution in [3.05, 3.63) is 34.0 Å². The molecule has 0 aliphatic heterocycles. The fraction of sp³-hybridized carbons (Fsp3) is 0.429. The van der Waals surface area contributed by atoms with Crippen molar-refractivity contribution in [3.63, 3.8) is 0 Å². The van der Waals surface area contributed by atoms with E-state index < -0.39 is 10.9 Å². The number of nitro benzene ring substituents is 1. The Bertz CT molecular complexity index is 712. The summed E-state index contributed by atoms with van der Waals surface area (Å²) in [5, 5.41) is 24.5. The zero-order chi connectivity index (χ0) is 16.3. The maximum absolute atomic E-state index is 11.3. The number of likely N-dealkylation sites (N-methyl/N-ethyl adjacent to an activating group) is 1. The first-order valence-corrected chi connectivity index (χ1v) is 7.19. The largest absolute Gasteiger partial charge is 1.00 e. The van der Waals surface area contributed by atoms with Crippen molar-refractivity contribution in [2.24, 2.45) is 0 Å². The van der Waals surface area contributed by atoms with E-state index >= 15 is 0 Å². The quantitative estimate of drug-likeness (QED) is 0.430. The van der Waals surface area contributed by atoms with Crippen LogP contribution >= 0.6 is 0 Å². The topological polar surface area (TPSA) is 103 Å². The number of aromatic nitrogens is 2. The Labute approximate surface area is 139 Å². The molecule has 2 N–H and O–H groups in total. The lowest BCUT2D eigenvalue weighted by Crippen LogP contribution is -3.11. The molecule has 0 fully saturated rings. The lowest BCUT2D eigenvalue weighted by Gasteiger charge is -2.15. The average molecular weight is 343 g/mol. The number of nitrogens with zero attached hydrogens (tertiary/aromatic N) is 3. The number of hydrogen-bond donors (Lipinski definition) is 2. The Morgan fingerprint density at radius 3 is 2.57 bits per heavy atom. The second-order valence-corrected chi connectivity index (χ2v) is 5.04. The molecule has 1 aromatic carbocycles. The Morgan fingerprint density at radius 2 is 2.04 bits per heavy atom. The van der Waals surface area contributed by atoms with Gasteiger partial charge in [0.25, 0.3) is 5.69 Å². The molecule has 0 amide bonds. The molecule has 0 saturated carbocycles. The van der Waals surface area contributed by atoms with E-state index in [1.165, 1.54) is 17.0 Å². The lowest BCUT2D eigenvalue weighted by molar-refractivity contribution is -0.897. The van der Waals surface area contributed by atoms with Gasteiger partial charge in [0.15, 0.2) is 5.69 Å². The summed E-state index contributed by atoms with van der Waals surface area (Å²) in [6.45, 7) is 7.52. The predicted octanol–water partition coefficient (Wildman–Crippen LogP) is -2.43. The van der Waals surface area contributed by atoms with E-state index in [0.29, 0.717) is 17.4 Å². The molecule has 126 valence electrons. The minimum absolute atomic E-state index is 0. The third-order valence-electron chi connectivity index (χ3n) is 3.82. The number of quaternary nitrogens is 1. The maximum atomic E-state index is 11.3. The van der Waals surface area contributed by atoms with Crippen molar-refractivity contribution >= 4 is 22.6 Å². The fourth-order valence-electron chi connectivity index (χ4n) is 2.48. The van der Waals surface area contributed by atoms with Crippen LogP contribution in [-0.2, 0) is 6.54 Å². The minimum atomic E-state index is -1.18. The van der Waals surface area contributed by atoms with Crippen LogP contribution < -0.4 is 17.3 Å². The fourth-order valence-corrected chi connectivity index (χ4v) is 2.48. The van der Waals surface area contributed by atoms with E-state index in [-0.39, 0.29) is 23.8 Å². The van der Waals surface area contributed by atoms with Gasteiger partial charge >= 0.3 is 5.97 Å². The van der Waals surface area contributed by atoms with E-state index in [1.807, 2.05) is 0 Å². The number of carbonyl (C=O) groups is 1. The predicted molar refractivity (Wildman–Crippen MR) is 80.3 cm³/mol. The number of non-ortho nitro benzene ring substituents is 1. The molecule has 8 nitrogen and oxygen atoms in total. The molecule has 2 aromatic rings. The number of fused-ring (bicyclic) bond motifs is 1. The molecule has 1 heterocycles. The van der Waals surface area contributed by atoms with E-state index in [4.69, 9.17) is 0 Å². The van der Waals surface area contributed by atoms with Crippen LogP contribution in [0.1, 0.15) is 24.3 Å². The van der Waals surface area contributed by atoms with Gasteiger partial charge in [0.1, 0.15) is 0 Å². The standard InChI is InChI=1S/C14H18N4O4.ClH/c1-3-16(4-2)7-8-17-12-6-5-10(18(21)22)9-11(12)13(15-17)14(19)20;/h5-6,9H,3-4,7-8H2,1-2H3,(H,19,20);1H. The number of carboxylic acids is 1. The van der Waals surface area contributed by atoms with Gasteiger partial charge in [-0.05, 0) is 19.9 Å². The maximum Gasteiger partial charge on any atom is 0.357 e. The minimum Gasteiger partial charge on any atom is -1.00 e. The van der Waals surface area contributed by atoms with Crippen LogP contribution in [0.15, 0.2) is 18.2 Å². The van der Waals surface area contributed by atoms with E-state index in [0.717, 1.165) is 19.6 Å². The number of carboxylic acid groups (broad SMARTS) is 1. The molecular formula is C14H19ClN4O4. The van der Waals surface area contributed by atoms with E-state index in [1.54, 1.807) is 10.7 Å². The highest BCUT2D eigenvalue weighted by Crippen LogP contribution is 2.24. The van der Waals surface area contributed by atoms with Crippen molar-refractivity contribution in [1.29, 1.82) is 0 Å². The van der Waals surface area contributed by atoms with Gasteiger partial charge in [0.05, 0.1) is 36.6 Å². The van der Waals surface area contributed by atoms with Crippen molar-refractivity contribution < 1.29 is 32.1 Å². The second kappa shape index (κ2) is 7.89. The van der Waals surface area contributed by atoms with Gasteiger partial charge in [0.2, 0.25) is 0 Å². The Balaban J connectivity index is 0.00000264. The van der Waals surface area contributed by atoms with Crippen LogP contribution in [0.3, 0.4) is 0 Å². The monoisotopic (exact) mass is 342 g/mol. The first-order chi connectivity index (χ1) is 10.5. The number of aromatic carboxylic acids is 1. The summed E-state index contributed by atoms with van der Waals surface area (Å²) in [7, 11) is 0. The summed E-state index contributed by atoms with van der Waals surface area (Å²) >= 11 is 0. The highest BCUT2D eigenvalue weighted by Gasteiger charge is 2.19. The van der Waals surface area contributed by atoms with Gasteiger partial charge < -0.3 is 22.4 Å². The van der Waals surface area contributed by atoms with Crippen molar-refractivity contribution in [2.75, 3.05) is 19.6 Å². The van der Waals surface area contributed by atoms with Crippen LogP contribution in [0.2, 0.25) is 0 Å². The summed E-state index contributed by atoms with van der Waals surface area (Å²) in [5.41, 5.74) is 0.326. The highest BCUT2D eigenvalue weighted by molar-refractivity contribution is 6.01. The Morgan fingerprint density at radius 1 is 1.39 bits per heavy atom. The molecule has 23 heavy (non-hydrogen) atoms. The van der Waals surface area contributed by atoms with Gasteiger partial charge in [-0.15, -0.1) is 0 Å². The zero-order valence-electron chi connectivity index (χ0n) is 13.0. The Kier molecular flexibility index (Phi) is 6.47. The van der Waals surface area contributed by atoms with Crippen LogP contribution in [0.4, 0.5) is 5.69 Å².